The van der Waals surface area contributed by atoms with Gasteiger partial charge in [0.2, 0.25) is 0 Å². The smallest absolute Gasteiger partial charge is 0.303 e. The molecule has 0 radical (unpaired) electrons. The van der Waals surface area contributed by atoms with Crippen LogP contribution in [0.3, 0.4) is 0 Å². The number of aryl methyl sites for hydroxylation is 2. The predicted molar refractivity (Wildman–Crippen MR) is 269 cm³/mol. The highest BCUT2D eigenvalue weighted by molar-refractivity contribution is 5.94. The highest BCUT2D eigenvalue weighted by Crippen LogP contribution is 2.33. The van der Waals surface area contributed by atoms with Crippen LogP contribution in [0.15, 0.2) is 36.7 Å². The maximum Gasteiger partial charge on any atom is 0.303 e. The van der Waals surface area contributed by atoms with Gasteiger partial charge in [-0.15, -0.1) is 10.2 Å². The molecule has 0 saturated carbocycles. The van der Waals surface area contributed by atoms with Crippen molar-refractivity contribution in [1.29, 1.82) is 0 Å². The second-order valence-corrected chi connectivity index (χ2v) is 18.8. The molecule has 1 fully saturated rings. The number of rotatable bonds is 37. The largest absolute Gasteiger partial charge is 0.483 e. The maximum atomic E-state index is 13.7. The van der Waals surface area contributed by atoms with E-state index in [0.717, 1.165) is 59.5 Å². The average molecular weight is 1010 g/mol. The molecule has 1 aliphatic heterocycles. The van der Waals surface area contributed by atoms with Gasteiger partial charge < -0.3 is 33.2 Å². The first kappa shape index (κ1) is 58.9. The minimum absolute atomic E-state index is 0.110. The molecule has 0 aliphatic carbocycles. The number of carbonyl (C=O) groups excluding carboxylic acids is 5. The molecule has 18 nitrogen and oxygen atoms in total. The number of hydrogen-bond acceptors (Lipinski definition) is 16. The van der Waals surface area contributed by atoms with E-state index in [4.69, 9.17) is 33.2 Å². The third-order valence-corrected chi connectivity index (χ3v) is 12.3. The first-order valence-electron chi connectivity index (χ1n) is 26.5. The fourth-order valence-corrected chi connectivity index (χ4v) is 8.65. The van der Waals surface area contributed by atoms with E-state index >= 15 is 0 Å². The van der Waals surface area contributed by atoms with Crippen LogP contribution in [-0.4, -0.2) is 96.8 Å². The van der Waals surface area contributed by atoms with Crippen molar-refractivity contribution in [2.75, 3.05) is 6.61 Å². The van der Waals surface area contributed by atoms with Crippen molar-refractivity contribution in [3.05, 3.63) is 53.6 Å². The lowest BCUT2D eigenvalue weighted by Crippen LogP contribution is -2.62. The molecular formula is C54H82N6O12. The summed E-state index contributed by atoms with van der Waals surface area (Å²) >= 11 is 0. The number of hydrogen-bond donors (Lipinski definition) is 0. The monoisotopic (exact) mass is 1010 g/mol. The van der Waals surface area contributed by atoms with Crippen molar-refractivity contribution in [2.45, 2.75) is 233 Å². The Morgan fingerprint density at radius 1 is 0.556 bits per heavy atom. The molecule has 400 valence electrons. The van der Waals surface area contributed by atoms with Crippen LogP contribution in [0.4, 0.5) is 0 Å². The van der Waals surface area contributed by atoms with E-state index in [1.54, 1.807) is 24.3 Å². The van der Waals surface area contributed by atoms with E-state index in [-0.39, 0.29) is 19.6 Å². The Hall–Kier alpha value is -5.65. The van der Waals surface area contributed by atoms with Gasteiger partial charge in [-0.25, -0.2) is 0 Å². The van der Waals surface area contributed by atoms with Gasteiger partial charge in [-0.3, -0.25) is 33.3 Å². The molecule has 3 heterocycles. The molecular weight excluding hydrogens is 925 g/mol. The van der Waals surface area contributed by atoms with Crippen LogP contribution in [0, 0.1) is 0 Å². The summed E-state index contributed by atoms with van der Waals surface area (Å²) in [6.07, 6.45) is 25.0. The van der Waals surface area contributed by atoms with Crippen molar-refractivity contribution >= 4 is 35.7 Å². The van der Waals surface area contributed by atoms with Gasteiger partial charge in [0.25, 0.3) is 0 Å². The zero-order valence-corrected chi connectivity index (χ0v) is 43.9. The topological polar surface area (TPSA) is 211 Å². The van der Waals surface area contributed by atoms with Crippen LogP contribution in [0.25, 0.3) is 6.08 Å². The van der Waals surface area contributed by atoms with Gasteiger partial charge >= 0.3 is 23.9 Å². The van der Waals surface area contributed by atoms with Crippen LogP contribution in [0.2, 0.25) is 0 Å². The van der Waals surface area contributed by atoms with Crippen molar-refractivity contribution in [3.8, 4) is 11.5 Å². The number of ether oxygens (including phenoxy) is 7. The molecule has 0 bridgehead atoms. The standard InChI is InChI=1S/C54H82N6O12/c1-7-9-11-13-15-17-19-21-23-25-31-59-35-45(55-57-59)37-67-48-30-28-44(33-49(48)68-38-46-36-60(58-56-46)32-26-24-22-20-18-16-14-12-10-8-2)27-29-47(65)34-50-52(69-41(4)62)54(71-43(6)64)53(70-42(5)63)51(72-50)39-66-40(3)61/h27-30,33,35-36,50-54H,7-26,31-32,34,37-39H2,1-6H3/b29-27+/t50-,51+,52-,53+,54+/m0/s1. The predicted octanol–water partition coefficient (Wildman–Crippen LogP) is 9.97. The van der Waals surface area contributed by atoms with Gasteiger partial charge in [0.15, 0.2) is 35.6 Å². The second-order valence-electron chi connectivity index (χ2n) is 18.8. The Labute approximate surface area is 426 Å². The number of esters is 4. The lowest BCUT2D eigenvalue weighted by atomic mass is 9.91. The third-order valence-electron chi connectivity index (χ3n) is 12.3. The van der Waals surface area contributed by atoms with Gasteiger partial charge in [-0.05, 0) is 36.6 Å². The summed E-state index contributed by atoms with van der Waals surface area (Å²) in [6.45, 7) is 10.5. The van der Waals surface area contributed by atoms with Gasteiger partial charge in [-0.1, -0.05) is 152 Å². The quantitative estimate of drug-likeness (QED) is 0.0227. The summed E-state index contributed by atoms with van der Waals surface area (Å²) < 4.78 is 44.1. The summed E-state index contributed by atoms with van der Waals surface area (Å²) in [5, 5.41) is 17.4. The van der Waals surface area contributed by atoms with E-state index in [0.29, 0.717) is 28.5 Å². The van der Waals surface area contributed by atoms with Crippen LogP contribution < -0.4 is 9.47 Å². The van der Waals surface area contributed by atoms with Crippen molar-refractivity contribution in [3.63, 3.8) is 0 Å². The van der Waals surface area contributed by atoms with E-state index in [2.05, 4.69) is 34.5 Å². The molecule has 0 amide bonds. The Morgan fingerprint density at radius 2 is 1.00 bits per heavy atom. The van der Waals surface area contributed by atoms with Gasteiger partial charge in [0.1, 0.15) is 43.4 Å². The zero-order chi connectivity index (χ0) is 51.9. The molecule has 3 aromatic rings. The normalized spacial score (nSPS) is 17.7. The lowest BCUT2D eigenvalue weighted by Gasteiger charge is -2.44. The van der Waals surface area contributed by atoms with Crippen molar-refractivity contribution < 1.29 is 57.1 Å². The second kappa shape index (κ2) is 33.9. The van der Waals surface area contributed by atoms with E-state index in [9.17, 15) is 24.0 Å². The summed E-state index contributed by atoms with van der Waals surface area (Å²) in [5.74, 6) is -2.52. The molecule has 2 aromatic heterocycles. The number of unbranched alkanes of at least 4 members (excludes halogenated alkanes) is 18. The number of nitrogens with zero attached hydrogens (tertiary/aromatic N) is 6. The molecule has 1 aliphatic rings. The van der Waals surface area contributed by atoms with E-state index in [1.807, 2.05) is 21.8 Å². The molecule has 1 aromatic carbocycles. The Bertz CT molecular complexity index is 2100. The van der Waals surface area contributed by atoms with Crippen LogP contribution in [-0.2, 0) is 74.0 Å². The van der Waals surface area contributed by atoms with Crippen molar-refractivity contribution in [2.24, 2.45) is 0 Å². The molecule has 72 heavy (non-hydrogen) atoms. The minimum Gasteiger partial charge on any atom is -0.483 e. The molecule has 5 atom stereocenters. The minimum atomic E-state index is -1.38. The Balaban J connectivity index is 1.43. The summed E-state index contributed by atoms with van der Waals surface area (Å²) in [7, 11) is 0. The van der Waals surface area contributed by atoms with Gasteiger partial charge in [0, 0.05) is 47.2 Å². The summed E-state index contributed by atoms with van der Waals surface area (Å²) in [5.41, 5.74) is 1.91. The number of aromatic nitrogens is 6. The zero-order valence-electron chi connectivity index (χ0n) is 43.9. The first-order chi connectivity index (χ1) is 34.8. The fourth-order valence-electron chi connectivity index (χ4n) is 8.65. The molecule has 0 spiro atoms. The van der Waals surface area contributed by atoms with Gasteiger partial charge in [0.05, 0.1) is 12.4 Å². The lowest BCUT2D eigenvalue weighted by molar-refractivity contribution is -0.252. The summed E-state index contributed by atoms with van der Waals surface area (Å²) in [4.78, 5) is 62.2. The van der Waals surface area contributed by atoms with Gasteiger partial charge in [-0.2, -0.15) is 0 Å². The van der Waals surface area contributed by atoms with Crippen LogP contribution >= 0.6 is 0 Å². The first-order valence-corrected chi connectivity index (χ1v) is 26.5. The van der Waals surface area contributed by atoms with Crippen LogP contribution in [0.5, 0.6) is 11.5 Å². The molecule has 1 saturated heterocycles. The molecule has 18 heteroatoms. The maximum absolute atomic E-state index is 13.7. The van der Waals surface area contributed by atoms with Crippen molar-refractivity contribution in [1.82, 2.24) is 30.0 Å². The summed E-state index contributed by atoms with van der Waals surface area (Å²) in [6, 6.07) is 5.25. The third kappa shape index (κ3) is 23.3. The number of carbonyl (C=O) groups is 5. The Kier molecular flexibility index (Phi) is 27.7. The highest BCUT2D eigenvalue weighted by atomic mass is 16.7. The SMILES string of the molecule is CCCCCCCCCCCCn1cc(COc2ccc(/C=C/C(=O)C[C@@H]3O[C@H](COC(C)=O)[C@@H](OC(C)=O)[C@H](OC(C)=O)[C@H]3OC(C)=O)cc2OCc2cn(CCCCCCCCCCCC)nn2)nn1. The number of ketones is 1. The van der Waals surface area contributed by atoms with Crippen LogP contribution in [0.1, 0.15) is 193 Å². The fraction of sp³-hybridized carbons (Fsp3) is 0.685. The van der Waals surface area contributed by atoms with E-state index in [1.165, 1.54) is 116 Å². The molecule has 0 unspecified atom stereocenters. The molecule has 4 rings (SSSR count). The van der Waals surface area contributed by atoms with E-state index < -0.39 is 66.8 Å². The molecule has 0 N–H and O–H groups in total. The Morgan fingerprint density at radius 3 is 1.47 bits per heavy atom. The number of allylic oxidation sites excluding steroid dienone is 1. The number of benzene rings is 1. The average Bonchev–Trinajstić information content (AvgIpc) is 4.01. The highest BCUT2D eigenvalue weighted by Gasteiger charge is 2.52.